The van der Waals surface area contributed by atoms with Crippen LogP contribution in [0.5, 0.6) is 0 Å². The SMILES string of the molecule is CC(OC(=O)c1ccc(CO)cc1)C(=O)NC(=O)NCc1ccccc1. The Labute approximate surface area is 151 Å². The minimum Gasteiger partial charge on any atom is -0.449 e. The Bertz CT molecular complexity index is 759. The lowest BCUT2D eigenvalue weighted by atomic mass is 10.1. The molecule has 0 bridgehead atoms. The summed E-state index contributed by atoms with van der Waals surface area (Å²) in [6.07, 6.45) is -1.14. The number of hydrogen-bond acceptors (Lipinski definition) is 5. The summed E-state index contributed by atoms with van der Waals surface area (Å²) in [5.74, 6) is -1.42. The Morgan fingerprint density at radius 3 is 2.27 bits per heavy atom. The molecule has 0 spiro atoms. The standard InChI is InChI=1S/C19H20N2O5/c1-13(26-18(24)16-9-7-15(12-22)8-10-16)17(23)21-19(25)20-11-14-5-3-2-4-6-14/h2-10,13,22H,11-12H2,1H3,(H2,20,21,23,25). The fourth-order valence-electron chi connectivity index (χ4n) is 2.06. The van der Waals surface area contributed by atoms with Crippen LogP contribution in [-0.2, 0) is 22.7 Å². The molecule has 0 aromatic heterocycles. The number of carbonyl (C=O) groups excluding carboxylic acids is 3. The van der Waals surface area contributed by atoms with Gasteiger partial charge in [-0.15, -0.1) is 0 Å². The number of imide groups is 1. The van der Waals surface area contributed by atoms with E-state index in [1.54, 1.807) is 12.1 Å². The normalized spacial score (nSPS) is 11.3. The van der Waals surface area contributed by atoms with Gasteiger partial charge in [0.05, 0.1) is 12.2 Å². The number of rotatable bonds is 6. The van der Waals surface area contributed by atoms with Gasteiger partial charge in [-0.2, -0.15) is 0 Å². The first-order chi connectivity index (χ1) is 12.5. The first-order valence-electron chi connectivity index (χ1n) is 8.03. The van der Waals surface area contributed by atoms with Gasteiger partial charge in [-0.25, -0.2) is 9.59 Å². The third kappa shape index (κ3) is 5.71. The van der Waals surface area contributed by atoms with Crippen molar-refractivity contribution in [2.24, 2.45) is 0 Å². The molecule has 1 atom stereocenters. The molecule has 2 aromatic carbocycles. The van der Waals surface area contributed by atoms with Crippen molar-refractivity contribution >= 4 is 17.9 Å². The van der Waals surface area contributed by atoms with Gasteiger partial charge in [-0.1, -0.05) is 42.5 Å². The lowest BCUT2D eigenvalue weighted by molar-refractivity contribution is -0.127. The second kappa shape index (κ2) is 9.33. The van der Waals surface area contributed by atoms with E-state index in [0.29, 0.717) is 5.56 Å². The van der Waals surface area contributed by atoms with Crippen LogP contribution in [0.2, 0.25) is 0 Å². The zero-order chi connectivity index (χ0) is 18.9. The van der Waals surface area contributed by atoms with Crippen molar-refractivity contribution in [2.45, 2.75) is 26.2 Å². The number of benzene rings is 2. The van der Waals surface area contributed by atoms with Crippen LogP contribution in [0.1, 0.15) is 28.4 Å². The Balaban J connectivity index is 1.80. The average Bonchev–Trinajstić information content (AvgIpc) is 2.67. The summed E-state index contributed by atoms with van der Waals surface area (Å²) in [7, 11) is 0. The van der Waals surface area contributed by atoms with Crippen LogP contribution in [0, 0.1) is 0 Å². The summed E-state index contributed by atoms with van der Waals surface area (Å²) in [6, 6.07) is 14.7. The summed E-state index contributed by atoms with van der Waals surface area (Å²) in [4.78, 5) is 35.7. The second-order valence-corrected chi connectivity index (χ2v) is 5.56. The first-order valence-corrected chi connectivity index (χ1v) is 8.03. The molecule has 0 saturated heterocycles. The minimum atomic E-state index is -1.14. The van der Waals surface area contributed by atoms with Crippen LogP contribution in [0.3, 0.4) is 0 Å². The summed E-state index contributed by atoms with van der Waals surface area (Å²) >= 11 is 0. The highest BCUT2D eigenvalue weighted by atomic mass is 16.5. The maximum absolute atomic E-state index is 12.0. The van der Waals surface area contributed by atoms with Crippen LogP contribution in [-0.4, -0.2) is 29.1 Å². The minimum absolute atomic E-state index is 0.133. The van der Waals surface area contributed by atoms with Gasteiger partial charge in [0.15, 0.2) is 6.10 Å². The molecular formula is C19H20N2O5. The molecule has 3 amide bonds. The molecule has 0 heterocycles. The molecule has 0 fully saturated rings. The van der Waals surface area contributed by atoms with Gasteiger partial charge < -0.3 is 15.2 Å². The predicted octanol–water partition coefficient (Wildman–Crippen LogP) is 1.75. The number of urea groups is 1. The van der Waals surface area contributed by atoms with Gasteiger partial charge in [-0.05, 0) is 30.2 Å². The Kier molecular flexibility index (Phi) is 6.87. The number of ether oxygens (including phenoxy) is 1. The van der Waals surface area contributed by atoms with Crippen molar-refractivity contribution in [3.05, 3.63) is 71.3 Å². The molecule has 7 nitrogen and oxygen atoms in total. The number of aliphatic hydroxyl groups is 1. The van der Waals surface area contributed by atoms with Gasteiger partial charge in [-0.3, -0.25) is 10.1 Å². The molecule has 2 aromatic rings. The number of amides is 3. The Hall–Kier alpha value is -3.19. The molecule has 1 unspecified atom stereocenters. The maximum atomic E-state index is 12.0. The van der Waals surface area contributed by atoms with E-state index >= 15 is 0 Å². The van der Waals surface area contributed by atoms with Gasteiger partial charge >= 0.3 is 12.0 Å². The molecule has 0 radical (unpaired) electrons. The highest BCUT2D eigenvalue weighted by Crippen LogP contribution is 2.07. The maximum Gasteiger partial charge on any atom is 0.338 e. The zero-order valence-corrected chi connectivity index (χ0v) is 14.3. The summed E-state index contributed by atoms with van der Waals surface area (Å²) in [5, 5.41) is 13.7. The van der Waals surface area contributed by atoms with E-state index in [4.69, 9.17) is 9.84 Å². The molecular weight excluding hydrogens is 336 g/mol. The van der Waals surface area contributed by atoms with E-state index in [1.165, 1.54) is 19.1 Å². The number of nitrogens with one attached hydrogen (secondary N) is 2. The monoisotopic (exact) mass is 356 g/mol. The summed E-state index contributed by atoms with van der Waals surface area (Å²) in [5.41, 5.74) is 1.79. The molecule has 0 aliphatic rings. The number of carbonyl (C=O) groups is 3. The van der Waals surface area contributed by atoms with Crippen LogP contribution in [0.4, 0.5) is 4.79 Å². The molecule has 26 heavy (non-hydrogen) atoms. The third-order valence-corrected chi connectivity index (χ3v) is 3.56. The van der Waals surface area contributed by atoms with E-state index in [1.807, 2.05) is 30.3 Å². The zero-order valence-electron chi connectivity index (χ0n) is 14.3. The van der Waals surface area contributed by atoms with E-state index in [-0.39, 0.29) is 18.7 Å². The molecule has 7 heteroatoms. The lowest BCUT2D eigenvalue weighted by Gasteiger charge is -2.13. The molecule has 2 rings (SSSR count). The van der Waals surface area contributed by atoms with E-state index in [0.717, 1.165) is 5.56 Å². The van der Waals surface area contributed by atoms with Crippen molar-refractivity contribution in [1.29, 1.82) is 0 Å². The predicted molar refractivity (Wildman–Crippen MR) is 94.1 cm³/mol. The fraction of sp³-hybridized carbons (Fsp3) is 0.211. The quantitative estimate of drug-likeness (QED) is 0.684. The highest BCUT2D eigenvalue weighted by molar-refractivity contribution is 5.98. The Morgan fingerprint density at radius 1 is 1.00 bits per heavy atom. The second-order valence-electron chi connectivity index (χ2n) is 5.56. The van der Waals surface area contributed by atoms with E-state index < -0.39 is 24.0 Å². The third-order valence-electron chi connectivity index (χ3n) is 3.56. The van der Waals surface area contributed by atoms with Gasteiger partial charge in [0.25, 0.3) is 5.91 Å². The van der Waals surface area contributed by atoms with Crippen LogP contribution >= 0.6 is 0 Å². The first kappa shape index (κ1) is 19.1. The summed E-state index contributed by atoms with van der Waals surface area (Å²) in [6.45, 7) is 1.51. The summed E-state index contributed by atoms with van der Waals surface area (Å²) < 4.78 is 5.04. The van der Waals surface area contributed by atoms with Crippen LogP contribution in [0.25, 0.3) is 0 Å². The highest BCUT2D eigenvalue weighted by Gasteiger charge is 2.20. The van der Waals surface area contributed by atoms with Crippen LogP contribution in [0.15, 0.2) is 54.6 Å². The molecule has 0 saturated carbocycles. The van der Waals surface area contributed by atoms with Crippen molar-refractivity contribution in [1.82, 2.24) is 10.6 Å². The largest absolute Gasteiger partial charge is 0.449 e. The number of esters is 1. The van der Waals surface area contributed by atoms with Crippen molar-refractivity contribution in [3.8, 4) is 0 Å². The van der Waals surface area contributed by atoms with Crippen molar-refractivity contribution in [3.63, 3.8) is 0 Å². The van der Waals surface area contributed by atoms with Crippen molar-refractivity contribution < 1.29 is 24.2 Å². The van der Waals surface area contributed by atoms with Crippen molar-refractivity contribution in [2.75, 3.05) is 0 Å². The fourth-order valence-corrected chi connectivity index (χ4v) is 2.06. The molecule has 3 N–H and O–H groups in total. The molecule has 136 valence electrons. The topological polar surface area (TPSA) is 105 Å². The van der Waals surface area contributed by atoms with Gasteiger partial charge in [0.1, 0.15) is 0 Å². The molecule has 0 aliphatic carbocycles. The smallest absolute Gasteiger partial charge is 0.338 e. The lowest BCUT2D eigenvalue weighted by Crippen LogP contribution is -2.44. The van der Waals surface area contributed by atoms with Crippen LogP contribution < -0.4 is 10.6 Å². The van der Waals surface area contributed by atoms with E-state index in [9.17, 15) is 14.4 Å². The average molecular weight is 356 g/mol. The van der Waals surface area contributed by atoms with Gasteiger partial charge in [0, 0.05) is 6.54 Å². The van der Waals surface area contributed by atoms with E-state index in [2.05, 4.69) is 10.6 Å². The number of hydrogen-bond donors (Lipinski definition) is 3. The Morgan fingerprint density at radius 2 is 1.65 bits per heavy atom. The van der Waals surface area contributed by atoms with Gasteiger partial charge in [0.2, 0.25) is 0 Å². The molecule has 0 aliphatic heterocycles. The number of aliphatic hydroxyl groups excluding tert-OH is 1.